The third kappa shape index (κ3) is 2.81. The summed E-state index contributed by atoms with van der Waals surface area (Å²) in [4.78, 5) is 23.1. The average Bonchev–Trinajstić information content (AvgIpc) is 2.68. The van der Waals surface area contributed by atoms with E-state index in [2.05, 4.69) is 45.2 Å². The lowest BCUT2D eigenvalue weighted by molar-refractivity contribution is 0.0318. The van der Waals surface area contributed by atoms with E-state index in [1.165, 1.54) is 31.2 Å². The molecule has 2 fully saturated rings. The lowest BCUT2D eigenvalue weighted by Crippen LogP contribution is -2.52. The maximum Gasteiger partial charge on any atom is 0.257 e. The van der Waals surface area contributed by atoms with Gasteiger partial charge in [-0.1, -0.05) is 43.2 Å². The van der Waals surface area contributed by atoms with Crippen LogP contribution < -0.4 is 0 Å². The zero-order valence-corrected chi connectivity index (χ0v) is 13.8. The smallest absolute Gasteiger partial charge is 0.257 e. The van der Waals surface area contributed by atoms with Gasteiger partial charge in [-0.25, -0.2) is 9.97 Å². The Morgan fingerprint density at radius 1 is 1.00 bits per heavy atom. The molecule has 4 nitrogen and oxygen atoms in total. The van der Waals surface area contributed by atoms with E-state index in [-0.39, 0.29) is 5.91 Å². The van der Waals surface area contributed by atoms with Gasteiger partial charge in [0.1, 0.15) is 6.33 Å². The first-order valence-electron chi connectivity index (χ1n) is 8.95. The predicted octanol–water partition coefficient (Wildman–Crippen LogP) is 3.67. The first-order valence-corrected chi connectivity index (χ1v) is 8.95. The summed E-state index contributed by atoms with van der Waals surface area (Å²) in [7, 11) is 0. The number of carbonyl (C=O) groups is 1. The van der Waals surface area contributed by atoms with Gasteiger partial charge in [0.25, 0.3) is 5.91 Å². The summed E-state index contributed by atoms with van der Waals surface area (Å²) in [5.74, 6) is 1.25. The molecule has 4 heteroatoms. The van der Waals surface area contributed by atoms with Crippen molar-refractivity contribution in [2.45, 2.75) is 44.1 Å². The number of aromatic nitrogens is 2. The summed E-state index contributed by atoms with van der Waals surface area (Å²) in [6.07, 6.45) is 10.6. The lowest BCUT2D eigenvalue weighted by atomic mass is 9.69. The molecule has 1 aliphatic carbocycles. The minimum Gasteiger partial charge on any atom is -0.335 e. The Kier molecular flexibility index (Phi) is 4.28. The van der Waals surface area contributed by atoms with Gasteiger partial charge in [0, 0.05) is 25.0 Å². The number of amides is 1. The Morgan fingerprint density at radius 2 is 1.75 bits per heavy atom. The van der Waals surface area contributed by atoms with Crippen molar-refractivity contribution in [1.82, 2.24) is 14.9 Å². The van der Waals surface area contributed by atoms with Crippen LogP contribution >= 0.6 is 0 Å². The highest BCUT2D eigenvalue weighted by Crippen LogP contribution is 2.44. The maximum absolute atomic E-state index is 12.9. The van der Waals surface area contributed by atoms with Crippen LogP contribution in [0.2, 0.25) is 0 Å². The number of piperidine rings is 1. The van der Waals surface area contributed by atoms with Gasteiger partial charge in [-0.05, 0) is 36.7 Å². The monoisotopic (exact) mass is 321 g/mol. The molecule has 2 aromatic rings. The Hall–Kier alpha value is -2.23. The molecule has 4 rings (SSSR count). The molecule has 0 bridgehead atoms. The minimum atomic E-state index is 0.0963. The quantitative estimate of drug-likeness (QED) is 0.848. The van der Waals surface area contributed by atoms with Crippen molar-refractivity contribution in [2.24, 2.45) is 5.92 Å². The first-order chi connectivity index (χ1) is 11.8. The highest BCUT2D eigenvalue weighted by molar-refractivity contribution is 5.94. The highest BCUT2D eigenvalue weighted by Gasteiger charge is 2.41. The van der Waals surface area contributed by atoms with Crippen molar-refractivity contribution in [2.75, 3.05) is 6.54 Å². The fourth-order valence-corrected chi connectivity index (χ4v) is 4.60. The number of carbonyl (C=O) groups excluding carboxylic acids is 1. The topological polar surface area (TPSA) is 46.1 Å². The van der Waals surface area contributed by atoms with E-state index in [1.54, 1.807) is 12.4 Å². The van der Waals surface area contributed by atoms with Crippen LogP contribution in [0.15, 0.2) is 49.1 Å². The summed E-state index contributed by atoms with van der Waals surface area (Å²) >= 11 is 0. The largest absolute Gasteiger partial charge is 0.335 e. The molecule has 3 atom stereocenters. The summed E-state index contributed by atoms with van der Waals surface area (Å²) < 4.78 is 0. The second-order valence-corrected chi connectivity index (χ2v) is 6.95. The number of hydrogen-bond donors (Lipinski definition) is 0. The molecule has 1 aliphatic heterocycles. The zero-order chi connectivity index (χ0) is 16.4. The molecule has 0 N–H and O–H groups in total. The summed E-state index contributed by atoms with van der Waals surface area (Å²) in [5, 5.41) is 0. The van der Waals surface area contributed by atoms with Crippen LogP contribution in [0.4, 0.5) is 0 Å². The van der Waals surface area contributed by atoms with Gasteiger partial charge in [-0.2, -0.15) is 0 Å². The standard InChI is InChI=1S/C20H23N3O/c24-20(16-12-21-14-22-13-16)23-11-10-17(15-6-2-1-3-7-15)18-8-4-5-9-19(18)23/h1-3,6-7,12-14,17-19H,4-5,8-11H2/t17-,18-,19-/m1/s1. The number of rotatable bonds is 2. The second-order valence-electron chi connectivity index (χ2n) is 6.95. The van der Waals surface area contributed by atoms with Gasteiger partial charge < -0.3 is 4.90 Å². The van der Waals surface area contributed by atoms with Gasteiger partial charge >= 0.3 is 0 Å². The summed E-state index contributed by atoms with van der Waals surface area (Å²) in [6.45, 7) is 0.828. The zero-order valence-electron chi connectivity index (χ0n) is 13.8. The third-order valence-electron chi connectivity index (χ3n) is 5.68. The van der Waals surface area contributed by atoms with Gasteiger partial charge in [-0.3, -0.25) is 4.79 Å². The van der Waals surface area contributed by atoms with Crippen LogP contribution in [0.3, 0.4) is 0 Å². The molecular weight excluding hydrogens is 298 g/mol. The molecule has 24 heavy (non-hydrogen) atoms. The van der Waals surface area contributed by atoms with Crippen LogP contribution in [0.5, 0.6) is 0 Å². The molecule has 1 aromatic carbocycles. The lowest BCUT2D eigenvalue weighted by Gasteiger charge is -2.48. The second kappa shape index (κ2) is 6.71. The predicted molar refractivity (Wildman–Crippen MR) is 92.6 cm³/mol. The third-order valence-corrected chi connectivity index (χ3v) is 5.68. The minimum absolute atomic E-state index is 0.0963. The molecule has 1 saturated heterocycles. The molecule has 0 radical (unpaired) electrons. The van der Waals surface area contributed by atoms with E-state index >= 15 is 0 Å². The van der Waals surface area contributed by atoms with Gasteiger partial charge in [-0.15, -0.1) is 0 Å². The van der Waals surface area contributed by atoms with E-state index in [1.807, 2.05) is 0 Å². The number of likely N-dealkylation sites (tertiary alicyclic amines) is 1. The SMILES string of the molecule is O=C(c1cncnc1)N1CC[C@H](c2ccccc2)[C@H]2CCCC[C@H]21. The van der Waals surface area contributed by atoms with E-state index in [0.29, 0.717) is 23.4 Å². The van der Waals surface area contributed by atoms with Gasteiger partial charge in [0.15, 0.2) is 0 Å². The van der Waals surface area contributed by atoms with Gasteiger partial charge in [0.2, 0.25) is 0 Å². The number of nitrogens with zero attached hydrogens (tertiary/aromatic N) is 3. The van der Waals surface area contributed by atoms with Crippen LogP contribution in [-0.4, -0.2) is 33.4 Å². The fraction of sp³-hybridized carbons (Fsp3) is 0.450. The first kappa shape index (κ1) is 15.3. The molecule has 2 heterocycles. The highest BCUT2D eigenvalue weighted by atomic mass is 16.2. The number of benzene rings is 1. The van der Waals surface area contributed by atoms with Crippen molar-refractivity contribution in [3.63, 3.8) is 0 Å². The van der Waals surface area contributed by atoms with Crippen LogP contribution in [0.25, 0.3) is 0 Å². The molecule has 2 aliphatic rings. The van der Waals surface area contributed by atoms with E-state index in [9.17, 15) is 4.79 Å². The molecule has 1 amide bonds. The van der Waals surface area contributed by atoms with Crippen molar-refractivity contribution >= 4 is 5.91 Å². The van der Waals surface area contributed by atoms with Gasteiger partial charge in [0.05, 0.1) is 5.56 Å². The Labute approximate surface area is 142 Å². The van der Waals surface area contributed by atoms with Crippen molar-refractivity contribution in [3.8, 4) is 0 Å². The number of fused-ring (bicyclic) bond motifs is 1. The van der Waals surface area contributed by atoms with Crippen molar-refractivity contribution in [1.29, 1.82) is 0 Å². The molecule has 0 unspecified atom stereocenters. The Bertz CT molecular complexity index is 689. The molecule has 1 aromatic heterocycles. The van der Waals surface area contributed by atoms with Crippen molar-refractivity contribution < 1.29 is 4.79 Å². The van der Waals surface area contributed by atoms with Crippen LogP contribution in [0.1, 0.15) is 53.9 Å². The molecule has 0 spiro atoms. The normalized spacial score (nSPS) is 26.7. The van der Waals surface area contributed by atoms with E-state index in [4.69, 9.17) is 0 Å². The maximum atomic E-state index is 12.9. The Balaban J connectivity index is 1.60. The molecule has 124 valence electrons. The van der Waals surface area contributed by atoms with Crippen LogP contribution in [-0.2, 0) is 0 Å². The van der Waals surface area contributed by atoms with E-state index < -0.39 is 0 Å². The van der Waals surface area contributed by atoms with E-state index in [0.717, 1.165) is 19.4 Å². The Morgan fingerprint density at radius 3 is 2.54 bits per heavy atom. The fourth-order valence-electron chi connectivity index (χ4n) is 4.60. The molecule has 1 saturated carbocycles. The molecular formula is C20H23N3O. The van der Waals surface area contributed by atoms with Crippen molar-refractivity contribution in [3.05, 3.63) is 60.2 Å². The summed E-state index contributed by atoms with van der Waals surface area (Å²) in [6, 6.07) is 11.2. The average molecular weight is 321 g/mol. The summed E-state index contributed by atoms with van der Waals surface area (Å²) in [5.41, 5.74) is 2.05. The van der Waals surface area contributed by atoms with Crippen LogP contribution in [0, 0.1) is 5.92 Å². The number of hydrogen-bond acceptors (Lipinski definition) is 3.